The van der Waals surface area contributed by atoms with Crippen LogP contribution in [0.25, 0.3) is 0 Å². The minimum Gasteiger partial charge on any atom is -0.493 e. The molecule has 9 nitrogen and oxygen atoms in total. The summed E-state index contributed by atoms with van der Waals surface area (Å²) in [6.07, 6.45) is 0.275. The first kappa shape index (κ1) is 28.1. The summed E-state index contributed by atoms with van der Waals surface area (Å²) >= 11 is 0. The number of rotatable bonds is 10. The molecule has 0 unspecified atom stereocenters. The number of aryl methyl sites for hydroxylation is 1. The van der Waals surface area contributed by atoms with E-state index in [9.17, 15) is 18.0 Å². The smallest absolute Gasteiger partial charge is 0.308 e. The van der Waals surface area contributed by atoms with Crippen LogP contribution < -0.4 is 14.2 Å². The second kappa shape index (κ2) is 11.9. The van der Waals surface area contributed by atoms with E-state index in [1.54, 1.807) is 24.3 Å². The first-order valence-corrected chi connectivity index (χ1v) is 13.8. The van der Waals surface area contributed by atoms with Gasteiger partial charge in [0.1, 0.15) is 0 Å². The molecule has 0 spiro atoms. The minimum absolute atomic E-state index is 0.156. The molecular weight excluding hydrogens is 522 g/mol. The summed E-state index contributed by atoms with van der Waals surface area (Å²) in [6, 6.07) is 16.2. The second-order valence-corrected chi connectivity index (χ2v) is 11.0. The lowest BCUT2D eigenvalue weighted by Crippen LogP contribution is -2.41. The van der Waals surface area contributed by atoms with Gasteiger partial charge in [0.05, 0.1) is 38.7 Å². The molecule has 0 fully saturated rings. The number of ether oxygens (including phenoxy) is 4. The predicted octanol–water partition coefficient (Wildman–Crippen LogP) is 4.13. The average molecular weight is 554 g/mol. The third-order valence-corrected chi connectivity index (χ3v) is 8.62. The van der Waals surface area contributed by atoms with Crippen LogP contribution in [0.15, 0.2) is 65.6 Å². The van der Waals surface area contributed by atoms with Crippen molar-refractivity contribution in [1.82, 2.24) is 4.31 Å². The van der Waals surface area contributed by atoms with Crippen LogP contribution in [-0.2, 0) is 26.0 Å². The Morgan fingerprint density at radius 3 is 2.18 bits per heavy atom. The van der Waals surface area contributed by atoms with Gasteiger partial charge in [-0.25, -0.2) is 8.42 Å². The van der Waals surface area contributed by atoms with E-state index in [0.717, 1.165) is 16.7 Å². The summed E-state index contributed by atoms with van der Waals surface area (Å²) in [5.74, 6) is -0.249. The summed E-state index contributed by atoms with van der Waals surface area (Å²) in [6.45, 7) is 1.57. The molecule has 39 heavy (non-hydrogen) atoms. The molecule has 0 saturated carbocycles. The Bertz CT molecular complexity index is 1440. The van der Waals surface area contributed by atoms with E-state index in [4.69, 9.17) is 18.9 Å². The van der Waals surface area contributed by atoms with Gasteiger partial charge in [0.15, 0.2) is 18.1 Å². The molecule has 0 saturated heterocycles. The monoisotopic (exact) mass is 553 g/mol. The lowest BCUT2D eigenvalue weighted by atomic mass is 9.92. The van der Waals surface area contributed by atoms with Crippen molar-refractivity contribution in [2.24, 2.45) is 0 Å². The Hall–Kier alpha value is -3.89. The zero-order valence-electron chi connectivity index (χ0n) is 22.3. The minimum atomic E-state index is -3.89. The topological polar surface area (TPSA) is 108 Å². The fraction of sp³-hybridized carbons (Fsp3) is 0.310. The van der Waals surface area contributed by atoms with Crippen LogP contribution in [0.1, 0.15) is 39.5 Å². The molecule has 1 aliphatic rings. The highest BCUT2D eigenvalue weighted by Gasteiger charge is 2.38. The van der Waals surface area contributed by atoms with E-state index in [1.807, 2.05) is 31.2 Å². The Morgan fingerprint density at radius 1 is 0.923 bits per heavy atom. The van der Waals surface area contributed by atoms with E-state index >= 15 is 0 Å². The summed E-state index contributed by atoms with van der Waals surface area (Å²) in [4.78, 5) is 26.0. The number of sulfonamides is 1. The van der Waals surface area contributed by atoms with Crippen molar-refractivity contribution >= 4 is 21.8 Å². The number of Topliss-reactive ketones (excluding diaryl/α,β-unsaturated/α-hetero) is 1. The first-order chi connectivity index (χ1) is 18.7. The zero-order chi connectivity index (χ0) is 28.2. The normalized spacial score (nSPS) is 15.2. The van der Waals surface area contributed by atoms with E-state index in [-0.39, 0.29) is 23.4 Å². The molecule has 1 aliphatic heterocycles. The maximum Gasteiger partial charge on any atom is 0.308 e. The van der Waals surface area contributed by atoms with Gasteiger partial charge in [-0.2, -0.15) is 4.31 Å². The van der Waals surface area contributed by atoms with Crippen molar-refractivity contribution in [3.8, 4) is 17.2 Å². The molecule has 0 aliphatic carbocycles. The fourth-order valence-corrected chi connectivity index (χ4v) is 6.27. The van der Waals surface area contributed by atoms with Crippen molar-refractivity contribution in [2.45, 2.75) is 30.7 Å². The van der Waals surface area contributed by atoms with Gasteiger partial charge in [0.25, 0.3) is 0 Å². The number of methoxy groups -OCH3 is 3. The standard InChI is InChI=1S/C29H31NO8S/c1-19-9-11-22(12-10-19)39(33,34)30-14-13-20-7-5-6-8-23(20)24(30)17-28(32)38-18-25(31)21-15-26(35-2)29(37-4)27(16-21)36-3/h5-12,15-16,24H,13-14,17-18H2,1-4H3/t24-/m1/s1. The molecule has 0 bridgehead atoms. The van der Waals surface area contributed by atoms with Crippen molar-refractivity contribution in [3.63, 3.8) is 0 Å². The van der Waals surface area contributed by atoms with Crippen LogP contribution in [0.3, 0.4) is 0 Å². The van der Waals surface area contributed by atoms with Gasteiger partial charge in [-0.15, -0.1) is 0 Å². The maximum atomic E-state index is 13.6. The molecule has 1 atom stereocenters. The molecule has 4 rings (SSSR count). The molecule has 3 aromatic carbocycles. The zero-order valence-corrected chi connectivity index (χ0v) is 23.1. The first-order valence-electron chi connectivity index (χ1n) is 12.3. The summed E-state index contributed by atoms with van der Waals surface area (Å²) < 4.78 is 49.8. The third-order valence-electron chi connectivity index (χ3n) is 6.70. The molecule has 0 N–H and O–H groups in total. The highest BCUT2D eigenvalue weighted by Crippen LogP contribution is 2.39. The molecule has 0 radical (unpaired) electrons. The van der Waals surface area contributed by atoms with E-state index in [1.165, 1.54) is 37.8 Å². The molecule has 0 aromatic heterocycles. The van der Waals surface area contributed by atoms with E-state index in [2.05, 4.69) is 0 Å². The molecule has 206 valence electrons. The van der Waals surface area contributed by atoms with Crippen LogP contribution in [0.5, 0.6) is 17.2 Å². The second-order valence-electron chi connectivity index (χ2n) is 9.10. The van der Waals surface area contributed by atoms with Crippen LogP contribution >= 0.6 is 0 Å². The Kier molecular flexibility index (Phi) is 8.57. The van der Waals surface area contributed by atoms with Crippen LogP contribution in [0.2, 0.25) is 0 Å². The third kappa shape index (κ3) is 5.91. The van der Waals surface area contributed by atoms with E-state index < -0.39 is 34.4 Å². The van der Waals surface area contributed by atoms with Crippen molar-refractivity contribution in [3.05, 3.63) is 82.9 Å². The molecule has 10 heteroatoms. The summed E-state index contributed by atoms with van der Waals surface area (Å²) in [7, 11) is 0.429. The lowest BCUT2D eigenvalue weighted by molar-refractivity contribution is -0.143. The van der Waals surface area contributed by atoms with Crippen LogP contribution in [0.4, 0.5) is 0 Å². The van der Waals surface area contributed by atoms with Gasteiger partial charge >= 0.3 is 5.97 Å². The Morgan fingerprint density at radius 2 is 1.56 bits per heavy atom. The number of carbonyl (C=O) groups is 2. The number of hydrogen-bond acceptors (Lipinski definition) is 8. The predicted molar refractivity (Wildman–Crippen MR) is 144 cm³/mol. The Labute approximate surface area is 228 Å². The number of ketones is 1. The number of hydrogen-bond donors (Lipinski definition) is 0. The van der Waals surface area contributed by atoms with Gasteiger partial charge in [-0.3, -0.25) is 9.59 Å². The van der Waals surface area contributed by atoms with Crippen LogP contribution in [0, 0.1) is 6.92 Å². The molecular formula is C29H31NO8S. The van der Waals surface area contributed by atoms with Gasteiger partial charge in [-0.05, 0) is 48.7 Å². The molecule has 0 amide bonds. The highest BCUT2D eigenvalue weighted by atomic mass is 32.2. The van der Waals surface area contributed by atoms with Crippen molar-refractivity contribution < 1.29 is 37.0 Å². The van der Waals surface area contributed by atoms with Crippen molar-refractivity contribution in [2.75, 3.05) is 34.5 Å². The largest absolute Gasteiger partial charge is 0.493 e. The number of nitrogens with zero attached hydrogens (tertiary/aromatic N) is 1. The number of benzene rings is 3. The Balaban J connectivity index is 1.54. The number of carbonyl (C=O) groups excluding carboxylic acids is 2. The van der Waals surface area contributed by atoms with E-state index in [0.29, 0.717) is 23.7 Å². The molecule has 3 aromatic rings. The summed E-state index contributed by atoms with van der Waals surface area (Å²) in [5, 5.41) is 0. The van der Waals surface area contributed by atoms with Gasteiger partial charge < -0.3 is 18.9 Å². The molecule has 1 heterocycles. The number of fused-ring (bicyclic) bond motifs is 1. The van der Waals surface area contributed by atoms with Gasteiger partial charge in [0, 0.05) is 12.1 Å². The SMILES string of the molecule is COc1cc(C(=O)COC(=O)C[C@@H]2c3ccccc3CCN2S(=O)(=O)c2ccc(C)cc2)cc(OC)c1OC. The lowest BCUT2D eigenvalue weighted by Gasteiger charge is -2.36. The number of esters is 1. The van der Waals surface area contributed by atoms with Crippen LogP contribution in [-0.4, -0.2) is 59.0 Å². The summed E-state index contributed by atoms with van der Waals surface area (Å²) in [5.41, 5.74) is 2.87. The highest BCUT2D eigenvalue weighted by molar-refractivity contribution is 7.89. The average Bonchev–Trinajstić information content (AvgIpc) is 2.95. The fourth-order valence-electron chi connectivity index (χ4n) is 4.66. The van der Waals surface area contributed by atoms with Gasteiger partial charge in [-0.1, -0.05) is 42.0 Å². The van der Waals surface area contributed by atoms with Gasteiger partial charge in [0.2, 0.25) is 21.6 Å². The maximum absolute atomic E-state index is 13.6. The quantitative estimate of drug-likeness (QED) is 0.273. The van der Waals surface area contributed by atoms with Crippen molar-refractivity contribution in [1.29, 1.82) is 0 Å².